The lowest BCUT2D eigenvalue weighted by Gasteiger charge is -2.19. The Hall–Kier alpha value is -2.34. The quantitative estimate of drug-likeness (QED) is 0.844. The zero-order valence-electron chi connectivity index (χ0n) is 14.9. The molecule has 134 valence electrons. The monoisotopic (exact) mass is 342 g/mol. The second-order valence-corrected chi connectivity index (χ2v) is 6.46. The minimum Gasteiger partial charge on any atom is -0.342 e. The number of nitrogens with zero attached hydrogens (tertiary/aromatic N) is 2. The molecular weight excluding hydrogens is 316 g/mol. The molecule has 1 unspecified atom stereocenters. The summed E-state index contributed by atoms with van der Waals surface area (Å²) >= 11 is 0. The molecule has 1 fully saturated rings. The summed E-state index contributed by atoms with van der Waals surface area (Å²) in [5.74, 6) is 0.237. The van der Waals surface area contributed by atoms with Crippen LogP contribution in [0.4, 0.5) is 5.69 Å². The third-order valence-corrected chi connectivity index (χ3v) is 4.89. The van der Waals surface area contributed by atoms with Crippen molar-refractivity contribution in [1.29, 1.82) is 0 Å². The van der Waals surface area contributed by atoms with Gasteiger partial charge in [-0.05, 0) is 51.1 Å². The number of aromatic nitrogens is 1. The lowest BCUT2D eigenvalue weighted by atomic mass is 10.1. The van der Waals surface area contributed by atoms with Crippen molar-refractivity contribution in [2.75, 3.05) is 31.5 Å². The van der Waals surface area contributed by atoms with Gasteiger partial charge in [0.05, 0.1) is 5.92 Å². The number of nitrogens with one attached hydrogen (secondary N) is 2. The first-order valence-corrected chi connectivity index (χ1v) is 9.00. The van der Waals surface area contributed by atoms with Gasteiger partial charge in [0.15, 0.2) is 0 Å². The van der Waals surface area contributed by atoms with Crippen LogP contribution in [0.5, 0.6) is 0 Å². The zero-order chi connectivity index (χ0) is 17.8. The molecule has 2 aromatic rings. The largest absolute Gasteiger partial charge is 0.342 e. The number of rotatable bonds is 6. The second kappa shape index (κ2) is 7.70. The fraction of sp³-hybridized carbons (Fsp3) is 0.474. The van der Waals surface area contributed by atoms with E-state index in [0.29, 0.717) is 6.54 Å². The van der Waals surface area contributed by atoms with E-state index in [1.807, 2.05) is 53.8 Å². The first-order valence-electron chi connectivity index (χ1n) is 9.00. The van der Waals surface area contributed by atoms with Crippen LogP contribution >= 0.6 is 0 Å². The van der Waals surface area contributed by atoms with Crippen LogP contribution in [0.1, 0.15) is 20.3 Å². The van der Waals surface area contributed by atoms with Crippen LogP contribution in [0, 0.1) is 5.92 Å². The Morgan fingerprint density at radius 3 is 2.76 bits per heavy atom. The van der Waals surface area contributed by atoms with Gasteiger partial charge in [-0.25, -0.2) is 0 Å². The van der Waals surface area contributed by atoms with Crippen molar-refractivity contribution in [3.63, 3.8) is 0 Å². The summed E-state index contributed by atoms with van der Waals surface area (Å²) in [5.41, 5.74) is 1.80. The molecule has 0 spiro atoms. The number of carbonyl (C=O) groups is 2. The van der Waals surface area contributed by atoms with Gasteiger partial charge < -0.3 is 20.1 Å². The van der Waals surface area contributed by atoms with Crippen molar-refractivity contribution >= 4 is 28.4 Å². The molecule has 0 radical (unpaired) electrons. The van der Waals surface area contributed by atoms with Gasteiger partial charge in [0.2, 0.25) is 11.8 Å². The number of carbonyl (C=O) groups excluding carboxylic acids is 2. The predicted molar refractivity (Wildman–Crippen MR) is 99.5 cm³/mol. The molecule has 2 N–H and O–H groups in total. The summed E-state index contributed by atoms with van der Waals surface area (Å²) < 4.78 is 1.96. The smallest absolute Gasteiger partial charge is 0.242 e. The molecular formula is C19H26N4O2. The van der Waals surface area contributed by atoms with Crippen molar-refractivity contribution in [2.45, 2.75) is 26.8 Å². The highest BCUT2D eigenvalue weighted by molar-refractivity contribution is 5.95. The fourth-order valence-electron chi connectivity index (χ4n) is 3.36. The molecule has 1 saturated heterocycles. The van der Waals surface area contributed by atoms with E-state index in [0.717, 1.165) is 49.2 Å². The maximum atomic E-state index is 12.3. The standard InChI is InChI=1S/C19H26N4O2/c1-3-22(4-2)18(24)13-23-10-8-14-11-16(5-6-17(14)23)21-19(25)15-7-9-20-12-15/h5-6,8,10-11,15,20H,3-4,7,9,12-13H2,1-2H3,(H,21,25). The van der Waals surface area contributed by atoms with Gasteiger partial charge in [0.25, 0.3) is 0 Å². The van der Waals surface area contributed by atoms with E-state index >= 15 is 0 Å². The van der Waals surface area contributed by atoms with E-state index in [1.54, 1.807) is 0 Å². The Labute approximate surface area is 148 Å². The molecule has 6 nitrogen and oxygen atoms in total. The Balaban J connectivity index is 1.72. The fourth-order valence-corrected chi connectivity index (χ4v) is 3.36. The van der Waals surface area contributed by atoms with E-state index in [4.69, 9.17) is 0 Å². The van der Waals surface area contributed by atoms with E-state index in [1.165, 1.54) is 0 Å². The highest BCUT2D eigenvalue weighted by Crippen LogP contribution is 2.22. The van der Waals surface area contributed by atoms with Crippen molar-refractivity contribution in [2.24, 2.45) is 5.92 Å². The first-order chi connectivity index (χ1) is 12.1. The Morgan fingerprint density at radius 2 is 2.08 bits per heavy atom. The molecule has 1 aliphatic heterocycles. The maximum absolute atomic E-state index is 12.3. The third kappa shape index (κ3) is 3.85. The van der Waals surface area contributed by atoms with E-state index in [9.17, 15) is 9.59 Å². The van der Waals surface area contributed by atoms with Crippen LogP contribution in [0.3, 0.4) is 0 Å². The van der Waals surface area contributed by atoms with Gasteiger partial charge >= 0.3 is 0 Å². The van der Waals surface area contributed by atoms with Crippen LogP contribution in [-0.4, -0.2) is 47.5 Å². The number of amides is 2. The first kappa shape index (κ1) is 17.5. The summed E-state index contributed by atoms with van der Waals surface area (Å²) in [7, 11) is 0. The number of hydrogen-bond donors (Lipinski definition) is 2. The average Bonchev–Trinajstić information content (AvgIpc) is 3.26. The van der Waals surface area contributed by atoms with Crippen LogP contribution < -0.4 is 10.6 Å². The third-order valence-electron chi connectivity index (χ3n) is 4.89. The molecule has 0 aliphatic carbocycles. The van der Waals surface area contributed by atoms with Crippen molar-refractivity contribution in [3.05, 3.63) is 30.5 Å². The maximum Gasteiger partial charge on any atom is 0.242 e. The highest BCUT2D eigenvalue weighted by Gasteiger charge is 2.22. The van der Waals surface area contributed by atoms with Gasteiger partial charge in [0.1, 0.15) is 6.54 Å². The lowest BCUT2D eigenvalue weighted by molar-refractivity contribution is -0.131. The topological polar surface area (TPSA) is 66.4 Å². The molecule has 0 bridgehead atoms. The molecule has 1 aromatic heterocycles. The SMILES string of the molecule is CCN(CC)C(=O)Cn1ccc2cc(NC(=O)C3CCNC3)ccc21. The van der Waals surface area contributed by atoms with Crippen LogP contribution in [-0.2, 0) is 16.1 Å². The summed E-state index contributed by atoms with van der Waals surface area (Å²) in [6.07, 6.45) is 2.82. The van der Waals surface area contributed by atoms with Gasteiger partial charge in [0, 0.05) is 42.4 Å². The zero-order valence-corrected chi connectivity index (χ0v) is 14.9. The molecule has 2 heterocycles. The molecule has 1 atom stereocenters. The van der Waals surface area contributed by atoms with Gasteiger partial charge in [-0.15, -0.1) is 0 Å². The van der Waals surface area contributed by atoms with Crippen LogP contribution in [0.2, 0.25) is 0 Å². The summed E-state index contributed by atoms with van der Waals surface area (Å²) in [6.45, 7) is 7.42. The normalized spacial score (nSPS) is 17.0. The minimum absolute atomic E-state index is 0.0481. The van der Waals surface area contributed by atoms with E-state index in [2.05, 4.69) is 10.6 Å². The molecule has 1 aliphatic rings. The van der Waals surface area contributed by atoms with Gasteiger partial charge in [-0.3, -0.25) is 9.59 Å². The number of fused-ring (bicyclic) bond motifs is 1. The second-order valence-electron chi connectivity index (χ2n) is 6.46. The summed E-state index contributed by atoms with van der Waals surface area (Å²) in [4.78, 5) is 26.4. The lowest BCUT2D eigenvalue weighted by Crippen LogP contribution is -2.33. The number of hydrogen-bond acceptors (Lipinski definition) is 3. The number of benzene rings is 1. The van der Waals surface area contributed by atoms with Crippen molar-refractivity contribution < 1.29 is 9.59 Å². The van der Waals surface area contributed by atoms with Crippen molar-refractivity contribution in [3.8, 4) is 0 Å². The molecule has 3 rings (SSSR count). The Morgan fingerprint density at radius 1 is 1.28 bits per heavy atom. The highest BCUT2D eigenvalue weighted by atomic mass is 16.2. The van der Waals surface area contributed by atoms with Gasteiger partial charge in [-0.2, -0.15) is 0 Å². The average molecular weight is 342 g/mol. The van der Waals surface area contributed by atoms with Crippen molar-refractivity contribution in [1.82, 2.24) is 14.8 Å². The molecule has 6 heteroatoms. The molecule has 0 saturated carbocycles. The molecule has 2 amide bonds. The Kier molecular flexibility index (Phi) is 5.38. The van der Waals surface area contributed by atoms with E-state index < -0.39 is 0 Å². The summed E-state index contributed by atoms with van der Waals surface area (Å²) in [6, 6.07) is 7.82. The Bertz CT molecular complexity index is 758. The molecule has 1 aromatic carbocycles. The molecule has 25 heavy (non-hydrogen) atoms. The number of anilines is 1. The van der Waals surface area contributed by atoms with Crippen LogP contribution in [0.15, 0.2) is 30.5 Å². The van der Waals surface area contributed by atoms with E-state index in [-0.39, 0.29) is 17.7 Å². The van der Waals surface area contributed by atoms with Gasteiger partial charge in [-0.1, -0.05) is 0 Å². The predicted octanol–water partition coefficient (Wildman–Crippen LogP) is 2.06. The summed E-state index contributed by atoms with van der Waals surface area (Å²) in [5, 5.41) is 7.23. The van der Waals surface area contributed by atoms with Crippen LogP contribution in [0.25, 0.3) is 10.9 Å². The minimum atomic E-state index is 0.0481. The number of likely N-dealkylation sites (N-methyl/N-ethyl adjacent to an activating group) is 1.